The zero-order valence-electron chi connectivity index (χ0n) is 14.7. The van der Waals surface area contributed by atoms with Crippen molar-refractivity contribution in [3.05, 3.63) is 71.3 Å². The Morgan fingerprint density at radius 1 is 1.12 bits per heavy atom. The second kappa shape index (κ2) is 6.05. The number of hydrogen-bond acceptors (Lipinski definition) is 3. The van der Waals surface area contributed by atoms with Gasteiger partial charge in [-0.25, -0.2) is 0 Å². The molecule has 0 aliphatic carbocycles. The number of anilines is 1. The van der Waals surface area contributed by atoms with Gasteiger partial charge in [-0.3, -0.25) is 9.69 Å². The maximum atomic E-state index is 12.2. The van der Waals surface area contributed by atoms with Crippen LogP contribution in [0.5, 0.6) is 0 Å². The van der Waals surface area contributed by atoms with Crippen LogP contribution in [0.4, 0.5) is 5.69 Å². The van der Waals surface area contributed by atoms with Gasteiger partial charge in [-0.1, -0.05) is 42.5 Å². The monoisotopic (exact) mass is 333 g/mol. The number of carbonyl (C=O) groups excluding carboxylic acids is 1. The summed E-state index contributed by atoms with van der Waals surface area (Å²) in [5.41, 5.74) is 4.28. The number of nitrogens with one attached hydrogen (secondary N) is 1. The van der Waals surface area contributed by atoms with E-state index in [9.17, 15) is 4.79 Å². The molecule has 2 aromatic carbocycles. The number of rotatable bonds is 3. The lowest BCUT2D eigenvalue weighted by molar-refractivity contribution is -0.118. The van der Waals surface area contributed by atoms with Crippen LogP contribution in [0.2, 0.25) is 0 Å². The summed E-state index contributed by atoms with van der Waals surface area (Å²) in [4.78, 5) is 16.5. The highest BCUT2D eigenvalue weighted by molar-refractivity contribution is 5.83. The van der Waals surface area contributed by atoms with Crippen LogP contribution in [-0.4, -0.2) is 38.0 Å². The number of fused-ring (bicyclic) bond motifs is 3. The predicted molar refractivity (Wildman–Crippen MR) is 101 cm³/mol. The number of hydrogen-bond donors (Lipinski definition) is 1. The molecule has 2 aliphatic rings. The Labute approximate surface area is 148 Å². The molecule has 4 heteroatoms. The molecule has 1 amide bonds. The van der Waals surface area contributed by atoms with Crippen LogP contribution < -0.4 is 10.2 Å². The molecule has 25 heavy (non-hydrogen) atoms. The summed E-state index contributed by atoms with van der Waals surface area (Å²) >= 11 is 0. The van der Waals surface area contributed by atoms with Crippen molar-refractivity contribution in [3.8, 4) is 0 Å². The molecule has 0 spiro atoms. The average Bonchev–Trinajstić information content (AvgIpc) is 2.97. The minimum absolute atomic E-state index is 0.0873. The van der Waals surface area contributed by atoms with Crippen LogP contribution in [0, 0.1) is 0 Å². The minimum atomic E-state index is -0.522. The number of amides is 1. The van der Waals surface area contributed by atoms with E-state index in [0.29, 0.717) is 6.54 Å². The standard InChI is InChI=1S/C21H23N3O/c1-23(2)18-9-7-16(8-10-18)11-13-21-19-6-4-3-5-17(19)12-14-24(21)15-20(25)22-21/h3-11,13H,12,14-15H2,1-2H3,(H,22,25)/b13-11+. The zero-order chi connectivity index (χ0) is 17.4. The van der Waals surface area contributed by atoms with E-state index in [2.05, 4.69) is 69.7 Å². The van der Waals surface area contributed by atoms with E-state index in [-0.39, 0.29) is 5.91 Å². The van der Waals surface area contributed by atoms with Crippen LogP contribution in [-0.2, 0) is 16.9 Å². The molecule has 1 saturated heterocycles. The number of benzene rings is 2. The Bertz CT molecular complexity index is 825. The Morgan fingerprint density at radius 3 is 2.64 bits per heavy atom. The normalized spacial score (nSPS) is 22.6. The van der Waals surface area contributed by atoms with Crippen molar-refractivity contribution in [2.45, 2.75) is 12.1 Å². The van der Waals surface area contributed by atoms with Crippen molar-refractivity contribution in [1.82, 2.24) is 10.2 Å². The van der Waals surface area contributed by atoms with Crippen molar-refractivity contribution in [1.29, 1.82) is 0 Å². The summed E-state index contributed by atoms with van der Waals surface area (Å²) < 4.78 is 0. The lowest BCUT2D eigenvalue weighted by Crippen LogP contribution is -2.51. The first-order chi connectivity index (χ1) is 12.1. The molecule has 0 saturated carbocycles. The molecule has 2 aromatic rings. The quantitative estimate of drug-likeness (QED) is 0.938. The van der Waals surface area contributed by atoms with Crippen LogP contribution in [0.15, 0.2) is 54.6 Å². The van der Waals surface area contributed by atoms with E-state index in [0.717, 1.165) is 18.5 Å². The summed E-state index contributed by atoms with van der Waals surface area (Å²) in [6, 6.07) is 16.9. The fraction of sp³-hybridized carbons (Fsp3) is 0.286. The van der Waals surface area contributed by atoms with Crippen LogP contribution in [0.3, 0.4) is 0 Å². The second-order valence-electron chi connectivity index (χ2n) is 6.96. The summed E-state index contributed by atoms with van der Waals surface area (Å²) in [6.45, 7) is 1.35. The fourth-order valence-electron chi connectivity index (χ4n) is 3.83. The molecule has 4 rings (SSSR count). The smallest absolute Gasteiger partial charge is 0.236 e. The highest BCUT2D eigenvalue weighted by atomic mass is 16.2. The lowest BCUT2D eigenvalue weighted by Gasteiger charge is -2.40. The van der Waals surface area contributed by atoms with Crippen molar-refractivity contribution in [3.63, 3.8) is 0 Å². The van der Waals surface area contributed by atoms with Gasteiger partial charge in [-0.15, -0.1) is 0 Å². The number of nitrogens with zero attached hydrogens (tertiary/aromatic N) is 2. The van der Waals surface area contributed by atoms with Gasteiger partial charge in [-0.2, -0.15) is 0 Å². The first kappa shape index (κ1) is 15.9. The van der Waals surface area contributed by atoms with E-state index >= 15 is 0 Å². The molecule has 1 unspecified atom stereocenters. The van der Waals surface area contributed by atoms with Crippen LogP contribution >= 0.6 is 0 Å². The van der Waals surface area contributed by atoms with Crippen molar-refractivity contribution in [2.24, 2.45) is 0 Å². The van der Waals surface area contributed by atoms with Gasteiger partial charge in [0.15, 0.2) is 0 Å². The minimum Gasteiger partial charge on any atom is -0.378 e. The third-order valence-electron chi connectivity index (χ3n) is 5.17. The molecule has 128 valence electrons. The summed E-state index contributed by atoms with van der Waals surface area (Å²) in [7, 11) is 4.07. The third-order valence-corrected chi connectivity index (χ3v) is 5.17. The van der Waals surface area contributed by atoms with Gasteiger partial charge in [0.05, 0.1) is 6.54 Å². The Hall–Kier alpha value is -2.59. The Kier molecular flexibility index (Phi) is 3.85. The van der Waals surface area contributed by atoms with Crippen molar-refractivity contribution in [2.75, 3.05) is 32.1 Å². The maximum Gasteiger partial charge on any atom is 0.236 e. The molecule has 2 aliphatic heterocycles. The van der Waals surface area contributed by atoms with E-state index in [1.54, 1.807) is 0 Å². The van der Waals surface area contributed by atoms with Crippen molar-refractivity contribution < 1.29 is 4.79 Å². The molecule has 1 fully saturated rings. The van der Waals surface area contributed by atoms with E-state index < -0.39 is 5.66 Å². The molecular weight excluding hydrogens is 310 g/mol. The summed E-state index contributed by atoms with van der Waals surface area (Å²) in [6.07, 6.45) is 5.24. The Balaban J connectivity index is 1.72. The van der Waals surface area contributed by atoms with E-state index in [1.807, 2.05) is 20.2 Å². The molecule has 1 N–H and O–H groups in total. The predicted octanol–water partition coefficient (Wildman–Crippen LogP) is 2.61. The summed E-state index contributed by atoms with van der Waals surface area (Å²) in [5, 5.41) is 3.22. The van der Waals surface area contributed by atoms with E-state index in [4.69, 9.17) is 0 Å². The van der Waals surface area contributed by atoms with Gasteiger partial charge >= 0.3 is 0 Å². The molecule has 0 bridgehead atoms. The average molecular weight is 333 g/mol. The molecular formula is C21H23N3O. The molecule has 0 radical (unpaired) electrons. The summed E-state index contributed by atoms with van der Waals surface area (Å²) in [5.74, 6) is 0.0873. The van der Waals surface area contributed by atoms with Gasteiger partial charge in [-0.05, 0) is 41.3 Å². The molecule has 1 atom stereocenters. The molecule has 4 nitrogen and oxygen atoms in total. The largest absolute Gasteiger partial charge is 0.378 e. The van der Waals surface area contributed by atoms with Gasteiger partial charge in [0, 0.05) is 26.3 Å². The highest BCUT2D eigenvalue weighted by Crippen LogP contribution is 2.37. The van der Waals surface area contributed by atoms with Gasteiger partial charge in [0.1, 0.15) is 5.66 Å². The Morgan fingerprint density at radius 2 is 1.88 bits per heavy atom. The van der Waals surface area contributed by atoms with Gasteiger partial charge in [0.25, 0.3) is 0 Å². The first-order valence-electron chi connectivity index (χ1n) is 8.69. The molecule has 0 aromatic heterocycles. The second-order valence-corrected chi connectivity index (χ2v) is 6.96. The zero-order valence-corrected chi connectivity index (χ0v) is 14.7. The van der Waals surface area contributed by atoms with Gasteiger partial charge < -0.3 is 10.2 Å². The lowest BCUT2D eigenvalue weighted by atomic mass is 9.87. The van der Waals surface area contributed by atoms with E-state index in [1.165, 1.54) is 16.8 Å². The third kappa shape index (κ3) is 2.72. The molecule has 2 heterocycles. The van der Waals surface area contributed by atoms with Gasteiger partial charge in [0.2, 0.25) is 5.91 Å². The topological polar surface area (TPSA) is 35.6 Å². The fourth-order valence-corrected chi connectivity index (χ4v) is 3.83. The maximum absolute atomic E-state index is 12.2. The highest BCUT2D eigenvalue weighted by Gasteiger charge is 2.47. The van der Waals surface area contributed by atoms with Crippen LogP contribution in [0.1, 0.15) is 16.7 Å². The van der Waals surface area contributed by atoms with Crippen LogP contribution in [0.25, 0.3) is 6.08 Å². The number of carbonyl (C=O) groups is 1. The first-order valence-corrected chi connectivity index (χ1v) is 8.69. The van der Waals surface area contributed by atoms with Crippen molar-refractivity contribution >= 4 is 17.7 Å². The SMILES string of the molecule is CN(C)c1ccc(/C=C/C23NC(=O)CN2CCc2ccccc23)cc1.